The third kappa shape index (κ3) is 2.26. The molecular weight excluding hydrogens is 242 g/mol. The van der Waals surface area contributed by atoms with Gasteiger partial charge in [0.2, 0.25) is 0 Å². The van der Waals surface area contributed by atoms with E-state index >= 15 is 0 Å². The molecule has 3 nitrogen and oxygen atoms in total. The quantitative estimate of drug-likeness (QED) is 0.843. The molecule has 1 aromatic heterocycles. The second-order valence-corrected chi connectivity index (χ2v) is 6.11. The van der Waals surface area contributed by atoms with Crippen molar-refractivity contribution in [3.05, 3.63) is 45.4 Å². The third-order valence-corrected chi connectivity index (χ3v) is 4.33. The smallest absolute Gasteiger partial charge is 0.0897 e. The number of nitrogen functional groups attached to an aromatic ring is 1. The number of thiazole rings is 1. The maximum absolute atomic E-state index is 6.06. The molecule has 0 aliphatic carbocycles. The second kappa shape index (κ2) is 4.71. The fourth-order valence-corrected chi connectivity index (χ4v) is 3.33. The SMILES string of the molecule is Cc1ncc(CN2CCc3cccc(N)c3C2)s1. The van der Waals surface area contributed by atoms with Crippen molar-refractivity contribution < 1.29 is 0 Å². The molecule has 0 unspecified atom stereocenters. The number of aromatic nitrogens is 1. The van der Waals surface area contributed by atoms with Crippen LogP contribution in [0.1, 0.15) is 21.0 Å². The van der Waals surface area contributed by atoms with E-state index < -0.39 is 0 Å². The van der Waals surface area contributed by atoms with E-state index in [1.54, 1.807) is 11.3 Å². The zero-order valence-corrected chi connectivity index (χ0v) is 11.3. The molecule has 0 radical (unpaired) electrons. The normalized spacial score (nSPS) is 15.6. The van der Waals surface area contributed by atoms with Gasteiger partial charge in [0.15, 0.2) is 0 Å². The molecule has 3 rings (SSSR count). The number of hydrogen-bond acceptors (Lipinski definition) is 4. The molecule has 1 aliphatic rings. The van der Waals surface area contributed by atoms with E-state index in [9.17, 15) is 0 Å². The molecule has 2 heterocycles. The summed E-state index contributed by atoms with van der Waals surface area (Å²) < 4.78 is 0. The summed E-state index contributed by atoms with van der Waals surface area (Å²) in [4.78, 5) is 8.10. The van der Waals surface area contributed by atoms with Gasteiger partial charge in [-0.2, -0.15) is 0 Å². The van der Waals surface area contributed by atoms with Crippen LogP contribution in [0.3, 0.4) is 0 Å². The van der Waals surface area contributed by atoms with Crippen LogP contribution in [-0.4, -0.2) is 16.4 Å². The van der Waals surface area contributed by atoms with Crippen molar-refractivity contribution >= 4 is 17.0 Å². The Kier molecular flexibility index (Phi) is 3.06. The minimum Gasteiger partial charge on any atom is -0.398 e. The van der Waals surface area contributed by atoms with Crippen LogP contribution >= 0.6 is 11.3 Å². The van der Waals surface area contributed by atoms with Gasteiger partial charge in [-0.3, -0.25) is 4.90 Å². The van der Waals surface area contributed by atoms with Crippen molar-refractivity contribution in [3.8, 4) is 0 Å². The van der Waals surface area contributed by atoms with Crippen LogP contribution in [0.15, 0.2) is 24.4 Å². The van der Waals surface area contributed by atoms with E-state index in [2.05, 4.69) is 28.9 Å². The van der Waals surface area contributed by atoms with Crippen LogP contribution in [0, 0.1) is 6.92 Å². The number of benzene rings is 1. The zero-order valence-electron chi connectivity index (χ0n) is 10.5. The van der Waals surface area contributed by atoms with Gasteiger partial charge in [0.1, 0.15) is 0 Å². The Morgan fingerprint density at radius 3 is 3.11 bits per heavy atom. The largest absolute Gasteiger partial charge is 0.398 e. The molecule has 4 heteroatoms. The van der Waals surface area contributed by atoms with Crippen molar-refractivity contribution in [3.63, 3.8) is 0 Å². The Morgan fingerprint density at radius 1 is 1.44 bits per heavy atom. The van der Waals surface area contributed by atoms with Crippen LogP contribution in [0.4, 0.5) is 5.69 Å². The lowest BCUT2D eigenvalue weighted by Crippen LogP contribution is -2.30. The van der Waals surface area contributed by atoms with Crippen LogP contribution in [0.2, 0.25) is 0 Å². The minimum absolute atomic E-state index is 0.928. The third-order valence-electron chi connectivity index (χ3n) is 3.44. The Morgan fingerprint density at radius 2 is 2.33 bits per heavy atom. The molecule has 1 aromatic carbocycles. The van der Waals surface area contributed by atoms with Gasteiger partial charge in [-0.25, -0.2) is 4.98 Å². The van der Waals surface area contributed by atoms with Crippen molar-refractivity contribution in [1.29, 1.82) is 0 Å². The van der Waals surface area contributed by atoms with Crippen molar-refractivity contribution in [2.45, 2.75) is 26.4 Å². The summed E-state index contributed by atoms with van der Waals surface area (Å²) in [6.07, 6.45) is 3.09. The van der Waals surface area contributed by atoms with Gasteiger partial charge in [0.25, 0.3) is 0 Å². The van der Waals surface area contributed by atoms with Gasteiger partial charge in [-0.1, -0.05) is 12.1 Å². The summed E-state index contributed by atoms with van der Waals surface area (Å²) in [7, 11) is 0. The predicted molar refractivity (Wildman–Crippen MR) is 75.5 cm³/mol. The minimum atomic E-state index is 0.928. The van der Waals surface area contributed by atoms with E-state index in [0.717, 1.165) is 36.8 Å². The van der Waals surface area contributed by atoms with E-state index in [1.165, 1.54) is 16.0 Å². The number of rotatable bonds is 2. The molecule has 0 amide bonds. The molecule has 0 saturated carbocycles. The molecule has 0 bridgehead atoms. The Balaban J connectivity index is 1.76. The number of fused-ring (bicyclic) bond motifs is 1. The van der Waals surface area contributed by atoms with E-state index in [4.69, 9.17) is 5.73 Å². The lowest BCUT2D eigenvalue weighted by Gasteiger charge is -2.29. The van der Waals surface area contributed by atoms with Crippen molar-refractivity contribution in [1.82, 2.24) is 9.88 Å². The molecule has 94 valence electrons. The zero-order chi connectivity index (χ0) is 12.5. The van der Waals surface area contributed by atoms with Crippen LogP contribution in [0.25, 0.3) is 0 Å². The topological polar surface area (TPSA) is 42.2 Å². The van der Waals surface area contributed by atoms with Crippen LogP contribution in [0.5, 0.6) is 0 Å². The molecule has 1 aliphatic heterocycles. The fraction of sp³-hybridized carbons (Fsp3) is 0.357. The maximum Gasteiger partial charge on any atom is 0.0897 e. The maximum atomic E-state index is 6.06. The molecule has 0 spiro atoms. The van der Waals surface area contributed by atoms with Gasteiger partial charge < -0.3 is 5.73 Å². The Labute approximate surface area is 111 Å². The molecule has 0 saturated heterocycles. The summed E-state index contributed by atoms with van der Waals surface area (Å²) in [6.45, 7) is 5.10. The standard InChI is InChI=1S/C14H17N3S/c1-10-16-7-12(18-10)8-17-6-5-11-3-2-4-14(15)13(11)9-17/h2-4,7H,5-6,8-9,15H2,1H3. The summed E-state index contributed by atoms with van der Waals surface area (Å²) in [5.74, 6) is 0. The number of hydrogen-bond donors (Lipinski definition) is 1. The molecule has 0 fully saturated rings. The summed E-state index contributed by atoms with van der Waals surface area (Å²) >= 11 is 1.78. The highest BCUT2D eigenvalue weighted by Crippen LogP contribution is 2.26. The van der Waals surface area contributed by atoms with Gasteiger partial charge >= 0.3 is 0 Å². The number of aryl methyl sites for hydroxylation is 1. The average Bonchev–Trinajstić information content (AvgIpc) is 2.76. The van der Waals surface area contributed by atoms with Crippen molar-refractivity contribution in [2.75, 3.05) is 12.3 Å². The summed E-state index contributed by atoms with van der Waals surface area (Å²) in [5.41, 5.74) is 9.71. The predicted octanol–water partition coefficient (Wildman–Crippen LogP) is 2.59. The lowest BCUT2D eigenvalue weighted by atomic mass is 9.98. The average molecular weight is 259 g/mol. The Hall–Kier alpha value is -1.39. The first kappa shape index (κ1) is 11.7. The van der Waals surface area contributed by atoms with Gasteiger partial charge in [-0.15, -0.1) is 11.3 Å². The number of anilines is 1. The highest BCUT2D eigenvalue weighted by Gasteiger charge is 2.18. The number of nitrogens with two attached hydrogens (primary N) is 1. The van der Waals surface area contributed by atoms with Crippen LogP contribution in [-0.2, 0) is 19.5 Å². The summed E-state index contributed by atoms with van der Waals surface area (Å²) in [6, 6.07) is 6.25. The van der Waals surface area contributed by atoms with E-state index in [0.29, 0.717) is 0 Å². The molecule has 2 aromatic rings. The lowest BCUT2D eigenvalue weighted by molar-refractivity contribution is 0.248. The monoisotopic (exact) mass is 259 g/mol. The number of nitrogens with zero attached hydrogens (tertiary/aromatic N) is 2. The first-order valence-corrected chi connectivity index (χ1v) is 7.04. The molecule has 2 N–H and O–H groups in total. The Bertz CT molecular complexity index is 562. The first-order chi connectivity index (χ1) is 8.72. The summed E-state index contributed by atoms with van der Waals surface area (Å²) in [5, 5.41) is 1.14. The van der Waals surface area contributed by atoms with Gasteiger partial charge in [0, 0.05) is 36.4 Å². The highest BCUT2D eigenvalue weighted by atomic mass is 32.1. The first-order valence-electron chi connectivity index (χ1n) is 6.22. The van der Waals surface area contributed by atoms with Gasteiger partial charge in [0.05, 0.1) is 5.01 Å². The molecular formula is C14H17N3S. The van der Waals surface area contributed by atoms with E-state index in [1.807, 2.05) is 12.3 Å². The van der Waals surface area contributed by atoms with Crippen molar-refractivity contribution in [2.24, 2.45) is 0 Å². The van der Waals surface area contributed by atoms with Gasteiger partial charge in [-0.05, 0) is 30.5 Å². The molecule has 0 atom stereocenters. The second-order valence-electron chi connectivity index (χ2n) is 4.79. The highest BCUT2D eigenvalue weighted by molar-refractivity contribution is 7.11. The van der Waals surface area contributed by atoms with Crippen LogP contribution < -0.4 is 5.73 Å². The molecule has 18 heavy (non-hydrogen) atoms. The fourth-order valence-electron chi connectivity index (χ4n) is 2.50. The van der Waals surface area contributed by atoms with E-state index in [-0.39, 0.29) is 0 Å².